The van der Waals surface area contributed by atoms with Gasteiger partial charge in [0.25, 0.3) is 5.91 Å². The number of anilines is 1. The standard InChI is InChI=1S/C22H31N3O/c1-17-10-8-13-19(22(2,3)4)21(17)23-20(26)16-24-14-9-15-25(24)18-11-6-5-7-12-18/h8-10,13-15,18H,5-7,11-12,16H2,1-4H3/p+1. The topological polar surface area (TPSA) is 37.9 Å². The van der Waals surface area contributed by atoms with Gasteiger partial charge in [-0.05, 0) is 36.3 Å². The van der Waals surface area contributed by atoms with Gasteiger partial charge in [0.05, 0.1) is 12.2 Å². The van der Waals surface area contributed by atoms with E-state index in [0.29, 0.717) is 12.6 Å². The first kappa shape index (κ1) is 18.7. The van der Waals surface area contributed by atoms with Crippen molar-refractivity contribution in [2.75, 3.05) is 5.32 Å². The van der Waals surface area contributed by atoms with Crippen LogP contribution >= 0.6 is 0 Å². The largest absolute Gasteiger partial charge is 0.320 e. The maximum absolute atomic E-state index is 12.8. The second kappa shape index (κ2) is 7.65. The maximum Gasteiger partial charge on any atom is 0.292 e. The first-order valence-corrected chi connectivity index (χ1v) is 9.83. The number of rotatable bonds is 4. The zero-order valence-electron chi connectivity index (χ0n) is 16.6. The fourth-order valence-corrected chi connectivity index (χ4v) is 3.98. The molecule has 3 rings (SSSR count). The van der Waals surface area contributed by atoms with Crippen LogP contribution in [0.5, 0.6) is 0 Å². The molecule has 1 heterocycles. The summed E-state index contributed by atoms with van der Waals surface area (Å²) in [6, 6.07) is 8.80. The van der Waals surface area contributed by atoms with E-state index in [4.69, 9.17) is 0 Å². The minimum absolute atomic E-state index is 0.00983. The van der Waals surface area contributed by atoms with Crippen molar-refractivity contribution in [3.63, 3.8) is 0 Å². The van der Waals surface area contributed by atoms with E-state index in [1.165, 1.54) is 37.7 Å². The average Bonchev–Trinajstić information content (AvgIpc) is 3.04. The third kappa shape index (κ3) is 4.17. The zero-order chi connectivity index (χ0) is 18.7. The molecule has 1 amide bonds. The Hall–Kier alpha value is -2.10. The molecule has 26 heavy (non-hydrogen) atoms. The van der Waals surface area contributed by atoms with Crippen LogP contribution in [-0.2, 0) is 16.8 Å². The minimum atomic E-state index is -0.00983. The number of carbonyl (C=O) groups excluding carboxylic acids is 1. The van der Waals surface area contributed by atoms with E-state index in [-0.39, 0.29) is 11.3 Å². The fraction of sp³-hybridized carbons (Fsp3) is 0.545. The van der Waals surface area contributed by atoms with Gasteiger partial charge in [-0.1, -0.05) is 58.2 Å². The van der Waals surface area contributed by atoms with Crippen molar-refractivity contribution in [1.82, 2.24) is 4.68 Å². The molecule has 1 aromatic carbocycles. The van der Waals surface area contributed by atoms with Gasteiger partial charge in [0.1, 0.15) is 0 Å². The van der Waals surface area contributed by atoms with Crippen molar-refractivity contribution in [3.8, 4) is 0 Å². The Kier molecular flexibility index (Phi) is 5.49. The van der Waals surface area contributed by atoms with E-state index in [1.807, 2.05) is 12.3 Å². The fourth-order valence-electron chi connectivity index (χ4n) is 3.98. The van der Waals surface area contributed by atoms with Crippen molar-refractivity contribution >= 4 is 11.6 Å². The quantitative estimate of drug-likeness (QED) is 0.805. The number of nitrogens with one attached hydrogen (secondary N) is 1. The summed E-state index contributed by atoms with van der Waals surface area (Å²) in [5.41, 5.74) is 3.24. The Morgan fingerprint density at radius 1 is 1.19 bits per heavy atom. The van der Waals surface area contributed by atoms with E-state index in [2.05, 4.69) is 66.8 Å². The molecule has 1 aliphatic rings. The molecule has 1 aliphatic carbocycles. The van der Waals surface area contributed by atoms with E-state index in [9.17, 15) is 4.79 Å². The molecular weight excluding hydrogens is 322 g/mol. The monoisotopic (exact) mass is 354 g/mol. The summed E-state index contributed by atoms with van der Waals surface area (Å²) in [7, 11) is 0. The summed E-state index contributed by atoms with van der Waals surface area (Å²) in [6.07, 6.45) is 10.4. The van der Waals surface area contributed by atoms with Gasteiger partial charge in [0.2, 0.25) is 6.54 Å². The lowest BCUT2D eigenvalue weighted by Crippen LogP contribution is -2.48. The molecule has 4 nitrogen and oxygen atoms in total. The van der Waals surface area contributed by atoms with Crippen molar-refractivity contribution in [2.24, 2.45) is 0 Å². The molecule has 0 spiro atoms. The highest BCUT2D eigenvalue weighted by atomic mass is 16.2. The molecule has 0 unspecified atom stereocenters. The van der Waals surface area contributed by atoms with Gasteiger partial charge >= 0.3 is 0 Å². The number of nitrogens with zero attached hydrogens (tertiary/aromatic N) is 2. The van der Waals surface area contributed by atoms with Crippen LogP contribution in [0.25, 0.3) is 0 Å². The predicted molar refractivity (Wildman–Crippen MR) is 105 cm³/mol. The number of hydrogen-bond donors (Lipinski definition) is 1. The number of aromatic nitrogens is 2. The van der Waals surface area contributed by atoms with E-state index in [0.717, 1.165) is 11.3 Å². The van der Waals surface area contributed by atoms with Gasteiger partial charge in [-0.3, -0.25) is 4.79 Å². The van der Waals surface area contributed by atoms with Crippen molar-refractivity contribution < 1.29 is 9.48 Å². The Morgan fingerprint density at radius 2 is 1.92 bits per heavy atom. The third-order valence-corrected chi connectivity index (χ3v) is 5.39. The van der Waals surface area contributed by atoms with Gasteiger partial charge in [-0.25, -0.2) is 0 Å². The van der Waals surface area contributed by atoms with E-state index in [1.54, 1.807) is 0 Å². The summed E-state index contributed by atoms with van der Waals surface area (Å²) in [5, 5.41) is 3.18. The third-order valence-electron chi connectivity index (χ3n) is 5.39. The number of benzene rings is 1. The molecule has 0 aliphatic heterocycles. The van der Waals surface area contributed by atoms with Crippen LogP contribution in [0.3, 0.4) is 0 Å². The molecule has 0 radical (unpaired) electrons. The molecule has 1 aromatic heterocycles. The summed E-state index contributed by atoms with van der Waals surface area (Å²) in [6.45, 7) is 8.95. The maximum atomic E-state index is 12.8. The van der Waals surface area contributed by atoms with E-state index < -0.39 is 0 Å². The molecule has 0 saturated heterocycles. The number of amides is 1. The van der Waals surface area contributed by atoms with Crippen LogP contribution in [0.15, 0.2) is 36.7 Å². The number of hydrogen-bond acceptors (Lipinski definition) is 1. The summed E-state index contributed by atoms with van der Waals surface area (Å²) in [4.78, 5) is 12.8. The lowest BCUT2D eigenvalue weighted by Gasteiger charge is -2.24. The second-order valence-corrected chi connectivity index (χ2v) is 8.56. The van der Waals surface area contributed by atoms with Crippen LogP contribution in [0.1, 0.15) is 70.0 Å². The SMILES string of the molecule is Cc1cccc(C(C)(C)C)c1NC(=O)C[n+]1cccn1C1CCCCC1. The molecule has 1 N–H and O–H groups in total. The van der Waals surface area contributed by atoms with E-state index >= 15 is 0 Å². The summed E-state index contributed by atoms with van der Waals surface area (Å²) in [5.74, 6) is 0.0329. The Labute approximate surface area is 157 Å². The van der Waals surface area contributed by atoms with Crippen LogP contribution in [0.2, 0.25) is 0 Å². The van der Waals surface area contributed by atoms with Gasteiger partial charge in [-0.2, -0.15) is 4.68 Å². The highest BCUT2D eigenvalue weighted by Gasteiger charge is 2.25. The van der Waals surface area contributed by atoms with Crippen molar-refractivity contribution in [3.05, 3.63) is 47.8 Å². The molecule has 0 atom stereocenters. The molecule has 140 valence electrons. The highest BCUT2D eigenvalue weighted by Crippen LogP contribution is 2.32. The number of para-hydroxylation sites is 1. The van der Waals surface area contributed by atoms with Gasteiger partial charge in [0.15, 0.2) is 6.20 Å². The predicted octanol–water partition coefficient (Wildman–Crippen LogP) is 4.53. The number of carbonyl (C=O) groups is 1. The minimum Gasteiger partial charge on any atom is -0.320 e. The van der Waals surface area contributed by atoms with Crippen molar-refractivity contribution in [1.29, 1.82) is 0 Å². The molecule has 1 saturated carbocycles. The first-order valence-electron chi connectivity index (χ1n) is 9.83. The average molecular weight is 355 g/mol. The second-order valence-electron chi connectivity index (χ2n) is 8.56. The normalized spacial score (nSPS) is 15.8. The van der Waals surface area contributed by atoms with Crippen LogP contribution in [0.4, 0.5) is 5.69 Å². The Balaban J connectivity index is 1.76. The van der Waals surface area contributed by atoms with Crippen molar-refractivity contribution in [2.45, 2.75) is 77.8 Å². The zero-order valence-corrected chi connectivity index (χ0v) is 16.6. The lowest BCUT2D eigenvalue weighted by molar-refractivity contribution is -0.767. The van der Waals surface area contributed by atoms with Gasteiger partial charge in [-0.15, -0.1) is 4.68 Å². The molecule has 0 bridgehead atoms. The molecule has 1 fully saturated rings. The first-order chi connectivity index (χ1) is 12.4. The Bertz CT molecular complexity index is 764. The molecule has 2 aromatic rings. The summed E-state index contributed by atoms with van der Waals surface area (Å²) < 4.78 is 4.31. The van der Waals surface area contributed by atoms with Crippen LogP contribution < -0.4 is 10.00 Å². The molecular formula is C22H32N3O+. The Morgan fingerprint density at radius 3 is 2.62 bits per heavy atom. The smallest absolute Gasteiger partial charge is 0.292 e. The van der Waals surface area contributed by atoms with Gasteiger partial charge < -0.3 is 5.32 Å². The lowest BCUT2D eigenvalue weighted by atomic mass is 9.84. The van der Waals surface area contributed by atoms with Crippen LogP contribution in [-0.4, -0.2) is 10.6 Å². The highest BCUT2D eigenvalue weighted by molar-refractivity contribution is 5.91. The van der Waals surface area contributed by atoms with Gasteiger partial charge in [0, 0.05) is 11.8 Å². The summed E-state index contributed by atoms with van der Waals surface area (Å²) >= 11 is 0. The van der Waals surface area contributed by atoms with Crippen LogP contribution in [0, 0.1) is 6.92 Å². The number of aryl methyl sites for hydroxylation is 1. The molecule has 4 heteroatoms.